The molecule has 0 aromatic heterocycles. The second kappa shape index (κ2) is 9.40. The molecule has 2 aromatic carbocycles. The summed E-state index contributed by atoms with van der Waals surface area (Å²) >= 11 is 0. The fourth-order valence-corrected chi connectivity index (χ4v) is 2.26. The van der Waals surface area contributed by atoms with Gasteiger partial charge in [-0.25, -0.2) is 9.18 Å². The highest BCUT2D eigenvalue weighted by Gasteiger charge is 2.27. The Kier molecular flexibility index (Phi) is 6.46. The van der Waals surface area contributed by atoms with E-state index in [1.165, 1.54) is 24.3 Å². The minimum absolute atomic E-state index is 0.0194. The molecule has 2 aromatic rings. The van der Waals surface area contributed by atoms with Gasteiger partial charge in [-0.1, -0.05) is 12.1 Å². The summed E-state index contributed by atoms with van der Waals surface area (Å²) in [7, 11) is 0. The summed E-state index contributed by atoms with van der Waals surface area (Å²) < 4.78 is 33.5. The number of fused-ring (bicyclic) bond motifs is 1. The molecule has 0 radical (unpaired) electrons. The summed E-state index contributed by atoms with van der Waals surface area (Å²) in [5, 5.41) is 0. The lowest BCUT2D eigenvalue weighted by Gasteiger charge is -2.25. The summed E-state index contributed by atoms with van der Waals surface area (Å²) in [6.07, 6.45) is -0.947. The number of carbonyl (C=O) groups excluding carboxylic acids is 3. The Morgan fingerprint density at radius 2 is 1.72 bits per heavy atom. The maximum atomic E-state index is 12.8. The molecule has 10 heteroatoms. The molecular weight excluding hydrogens is 387 g/mol. The number of ether oxygens (including phenoxy) is 4. The molecule has 0 fully saturated rings. The Bertz CT molecular complexity index is 888. The molecule has 0 unspecified atom stereocenters. The Labute approximate surface area is 164 Å². The quantitative estimate of drug-likeness (QED) is 0.539. The minimum atomic E-state index is -0.947. The third kappa shape index (κ3) is 5.83. The predicted octanol–water partition coefficient (Wildman–Crippen LogP) is 0.735. The summed E-state index contributed by atoms with van der Waals surface area (Å²) in [6, 6.07) is 11.9. The van der Waals surface area contributed by atoms with Gasteiger partial charge in [0.15, 0.2) is 24.7 Å². The molecule has 152 valence electrons. The van der Waals surface area contributed by atoms with Gasteiger partial charge in [-0.15, -0.1) is 0 Å². The average Bonchev–Trinajstić information content (AvgIpc) is 2.75. The van der Waals surface area contributed by atoms with Crippen LogP contribution in [0.25, 0.3) is 0 Å². The fourth-order valence-electron chi connectivity index (χ4n) is 2.26. The lowest BCUT2D eigenvalue weighted by atomic mass is 10.2. The van der Waals surface area contributed by atoms with Gasteiger partial charge < -0.3 is 18.9 Å². The van der Waals surface area contributed by atoms with Crippen molar-refractivity contribution < 1.29 is 37.7 Å². The van der Waals surface area contributed by atoms with Crippen LogP contribution in [0.5, 0.6) is 17.2 Å². The first kappa shape index (κ1) is 19.9. The van der Waals surface area contributed by atoms with Gasteiger partial charge in [0.1, 0.15) is 18.2 Å². The van der Waals surface area contributed by atoms with Crippen LogP contribution in [0.1, 0.15) is 0 Å². The lowest BCUT2D eigenvalue weighted by Crippen LogP contribution is -2.51. The maximum Gasteiger partial charge on any atom is 0.344 e. The van der Waals surface area contributed by atoms with Gasteiger partial charge in [0.25, 0.3) is 11.8 Å². The van der Waals surface area contributed by atoms with Gasteiger partial charge >= 0.3 is 5.97 Å². The molecule has 1 atom stereocenters. The van der Waals surface area contributed by atoms with Crippen LogP contribution in [-0.2, 0) is 19.1 Å². The number of rotatable bonds is 6. The number of nitrogens with one attached hydrogen (secondary N) is 2. The van der Waals surface area contributed by atoms with E-state index in [-0.39, 0.29) is 12.4 Å². The van der Waals surface area contributed by atoms with Crippen LogP contribution in [0.2, 0.25) is 0 Å². The molecule has 3 rings (SSSR count). The number of para-hydroxylation sites is 2. The van der Waals surface area contributed by atoms with Gasteiger partial charge in [0.05, 0.1) is 0 Å². The van der Waals surface area contributed by atoms with Crippen LogP contribution in [-0.4, -0.2) is 43.7 Å². The smallest absolute Gasteiger partial charge is 0.344 e. The molecule has 0 aliphatic carbocycles. The standard InChI is InChI=1S/C19H17FN2O7/c20-12-5-7-13(8-6-12)26-11-18(24)28-10-17(23)21-22-19(25)16-9-27-14-3-1-2-4-15(14)29-16/h1-8,16H,9-11H2,(H,21,23)(H,22,25)/t16-/m0/s1. The number of carbonyl (C=O) groups is 3. The first-order valence-corrected chi connectivity index (χ1v) is 8.52. The van der Waals surface area contributed by atoms with E-state index in [2.05, 4.69) is 10.9 Å². The van der Waals surface area contributed by atoms with E-state index < -0.39 is 42.9 Å². The molecule has 29 heavy (non-hydrogen) atoms. The van der Waals surface area contributed by atoms with Gasteiger partial charge in [-0.3, -0.25) is 20.4 Å². The van der Waals surface area contributed by atoms with Gasteiger partial charge in [-0.2, -0.15) is 0 Å². The van der Waals surface area contributed by atoms with Crippen molar-refractivity contribution in [3.63, 3.8) is 0 Å². The second-order valence-electron chi connectivity index (χ2n) is 5.80. The van der Waals surface area contributed by atoms with Crippen molar-refractivity contribution in [2.24, 2.45) is 0 Å². The highest BCUT2D eigenvalue weighted by atomic mass is 19.1. The van der Waals surface area contributed by atoms with E-state index in [0.717, 1.165) is 0 Å². The van der Waals surface area contributed by atoms with E-state index >= 15 is 0 Å². The number of amides is 2. The minimum Gasteiger partial charge on any atom is -0.485 e. The van der Waals surface area contributed by atoms with Gasteiger partial charge in [0.2, 0.25) is 6.10 Å². The van der Waals surface area contributed by atoms with Crippen molar-refractivity contribution in [1.29, 1.82) is 0 Å². The topological polar surface area (TPSA) is 112 Å². The zero-order valence-corrected chi connectivity index (χ0v) is 15.1. The molecule has 2 N–H and O–H groups in total. The highest BCUT2D eigenvalue weighted by molar-refractivity contribution is 5.86. The van der Waals surface area contributed by atoms with Crippen LogP contribution in [0.15, 0.2) is 48.5 Å². The normalized spacial score (nSPS) is 14.4. The van der Waals surface area contributed by atoms with Crippen molar-refractivity contribution in [3.8, 4) is 17.2 Å². The number of esters is 1. The zero-order valence-electron chi connectivity index (χ0n) is 15.1. The van der Waals surface area contributed by atoms with Crippen molar-refractivity contribution >= 4 is 17.8 Å². The Balaban J connectivity index is 1.34. The molecule has 0 spiro atoms. The Morgan fingerprint density at radius 3 is 2.48 bits per heavy atom. The monoisotopic (exact) mass is 404 g/mol. The number of hydrogen-bond donors (Lipinski definition) is 2. The number of hydrazine groups is 1. The summed E-state index contributed by atoms with van der Waals surface area (Å²) in [5.74, 6) is -1.42. The SMILES string of the molecule is O=C(COC(=O)COc1ccc(F)cc1)NNC(=O)[C@@H]1COc2ccccc2O1. The van der Waals surface area contributed by atoms with E-state index in [0.29, 0.717) is 11.5 Å². The lowest BCUT2D eigenvalue weighted by molar-refractivity contribution is -0.151. The largest absolute Gasteiger partial charge is 0.485 e. The van der Waals surface area contributed by atoms with Gasteiger partial charge in [-0.05, 0) is 36.4 Å². The molecule has 9 nitrogen and oxygen atoms in total. The number of benzene rings is 2. The molecule has 0 bridgehead atoms. The maximum absolute atomic E-state index is 12.8. The first-order chi connectivity index (χ1) is 14.0. The van der Waals surface area contributed by atoms with Crippen molar-refractivity contribution in [1.82, 2.24) is 10.9 Å². The summed E-state index contributed by atoms with van der Waals surface area (Å²) in [5.41, 5.74) is 4.27. The predicted molar refractivity (Wildman–Crippen MR) is 95.5 cm³/mol. The Hall–Kier alpha value is -3.82. The molecule has 1 heterocycles. The fraction of sp³-hybridized carbons (Fsp3) is 0.211. The Morgan fingerprint density at radius 1 is 1.00 bits per heavy atom. The number of hydrogen-bond acceptors (Lipinski definition) is 7. The van der Waals surface area contributed by atoms with Crippen LogP contribution in [0, 0.1) is 5.82 Å². The molecule has 2 amide bonds. The third-order valence-electron chi connectivity index (χ3n) is 3.66. The van der Waals surface area contributed by atoms with Crippen LogP contribution in [0.4, 0.5) is 4.39 Å². The van der Waals surface area contributed by atoms with Crippen LogP contribution < -0.4 is 25.1 Å². The van der Waals surface area contributed by atoms with Crippen LogP contribution >= 0.6 is 0 Å². The summed E-state index contributed by atoms with van der Waals surface area (Å²) in [6.45, 7) is -1.11. The van der Waals surface area contributed by atoms with Crippen molar-refractivity contribution in [2.45, 2.75) is 6.10 Å². The number of halogens is 1. The van der Waals surface area contributed by atoms with E-state index in [9.17, 15) is 18.8 Å². The third-order valence-corrected chi connectivity index (χ3v) is 3.66. The first-order valence-electron chi connectivity index (χ1n) is 8.52. The van der Waals surface area contributed by atoms with Crippen molar-refractivity contribution in [2.75, 3.05) is 19.8 Å². The molecule has 1 aliphatic rings. The van der Waals surface area contributed by atoms with E-state index in [1.807, 2.05) is 0 Å². The molecule has 0 saturated heterocycles. The molecule has 0 saturated carbocycles. The van der Waals surface area contributed by atoms with Crippen LogP contribution in [0.3, 0.4) is 0 Å². The molecule has 1 aliphatic heterocycles. The average molecular weight is 404 g/mol. The van der Waals surface area contributed by atoms with E-state index in [1.54, 1.807) is 24.3 Å². The highest BCUT2D eigenvalue weighted by Crippen LogP contribution is 2.30. The van der Waals surface area contributed by atoms with Crippen molar-refractivity contribution in [3.05, 3.63) is 54.3 Å². The van der Waals surface area contributed by atoms with E-state index in [4.69, 9.17) is 18.9 Å². The molecular formula is C19H17FN2O7. The zero-order chi connectivity index (χ0) is 20.6. The summed E-state index contributed by atoms with van der Waals surface area (Å²) in [4.78, 5) is 35.3. The second-order valence-corrected chi connectivity index (χ2v) is 5.80. The van der Waals surface area contributed by atoms with Gasteiger partial charge in [0, 0.05) is 0 Å².